The molecule has 0 radical (unpaired) electrons. The van der Waals surface area contributed by atoms with Gasteiger partial charge in [0.2, 0.25) is 0 Å². The monoisotopic (exact) mass is 236 g/mol. The van der Waals surface area contributed by atoms with Gasteiger partial charge in [0, 0.05) is 6.20 Å². The highest BCUT2D eigenvalue weighted by molar-refractivity contribution is 5.92. The van der Waals surface area contributed by atoms with Gasteiger partial charge in [-0.2, -0.15) is 0 Å². The molecular weight excluding hydrogens is 216 g/mol. The van der Waals surface area contributed by atoms with Crippen LogP contribution >= 0.6 is 0 Å². The first-order chi connectivity index (χ1) is 8.15. The van der Waals surface area contributed by atoms with E-state index in [2.05, 4.69) is 17.2 Å². The standard InChI is InChI=1S/C13H20N2O2/c1-10-4-2-6-13(8-10,9-16)15-12(17)11-5-3-7-14-11/h3,5,7,10,14,16H,2,4,6,8-9H2,1H3,(H,15,17). The van der Waals surface area contributed by atoms with Gasteiger partial charge in [0.15, 0.2) is 0 Å². The summed E-state index contributed by atoms with van der Waals surface area (Å²) >= 11 is 0. The molecule has 0 bridgehead atoms. The normalized spacial score (nSPS) is 28.9. The molecule has 1 aliphatic rings. The first-order valence-electron chi connectivity index (χ1n) is 6.22. The summed E-state index contributed by atoms with van der Waals surface area (Å²) in [6, 6.07) is 3.54. The first-order valence-corrected chi connectivity index (χ1v) is 6.22. The molecule has 1 aliphatic carbocycles. The number of hydrogen-bond donors (Lipinski definition) is 3. The molecular formula is C13H20N2O2. The summed E-state index contributed by atoms with van der Waals surface area (Å²) in [6.45, 7) is 2.19. The lowest BCUT2D eigenvalue weighted by Gasteiger charge is -2.39. The fourth-order valence-corrected chi connectivity index (χ4v) is 2.74. The molecule has 1 saturated carbocycles. The molecule has 2 rings (SSSR count). The van der Waals surface area contributed by atoms with Crippen LogP contribution < -0.4 is 5.32 Å². The van der Waals surface area contributed by atoms with Crippen molar-refractivity contribution in [1.82, 2.24) is 10.3 Å². The SMILES string of the molecule is CC1CCCC(CO)(NC(=O)c2ccc[nH]2)C1. The van der Waals surface area contributed by atoms with Crippen molar-refractivity contribution in [2.45, 2.75) is 38.1 Å². The van der Waals surface area contributed by atoms with Gasteiger partial charge in [0.1, 0.15) is 5.69 Å². The Morgan fingerprint density at radius 1 is 1.71 bits per heavy atom. The molecule has 3 N–H and O–H groups in total. The fraction of sp³-hybridized carbons (Fsp3) is 0.615. The Labute approximate surface area is 101 Å². The Kier molecular flexibility index (Phi) is 3.52. The number of aliphatic hydroxyl groups is 1. The first kappa shape index (κ1) is 12.2. The molecule has 4 nitrogen and oxygen atoms in total. The van der Waals surface area contributed by atoms with E-state index in [9.17, 15) is 9.90 Å². The zero-order valence-electron chi connectivity index (χ0n) is 10.2. The predicted octanol–water partition coefficient (Wildman–Crippen LogP) is 1.69. The molecule has 0 aromatic carbocycles. The summed E-state index contributed by atoms with van der Waals surface area (Å²) in [5, 5.41) is 12.6. The number of hydrogen-bond acceptors (Lipinski definition) is 2. The Hall–Kier alpha value is -1.29. The number of H-pyrrole nitrogens is 1. The second-order valence-electron chi connectivity index (χ2n) is 5.18. The Morgan fingerprint density at radius 2 is 2.53 bits per heavy atom. The van der Waals surface area contributed by atoms with Crippen LogP contribution in [0.25, 0.3) is 0 Å². The average molecular weight is 236 g/mol. The maximum atomic E-state index is 12.0. The zero-order chi connectivity index (χ0) is 12.3. The lowest BCUT2D eigenvalue weighted by molar-refractivity contribution is 0.0693. The van der Waals surface area contributed by atoms with Crippen LogP contribution in [0.5, 0.6) is 0 Å². The third-order valence-corrected chi connectivity index (χ3v) is 3.62. The zero-order valence-corrected chi connectivity index (χ0v) is 10.2. The molecule has 2 unspecified atom stereocenters. The highest BCUT2D eigenvalue weighted by atomic mass is 16.3. The van der Waals surface area contributed by atoms with Gasteiger partial charge in [-0.3, -0.25) is 4.79 Å². The summed E-state index contributed by atoms with van der Waals surface area (Å²) < 4.78 is 0. The van der Waals surface area contributed by atoms with E-state index < -0.39 is 5.54 Å². The summed E-state index contributed by atoms with van der Waals surface area (Å²) in [6.07, 6.45) is 5.69. The van der Waals surface area contributed by atoms with Crippen molar-refractivity contribution in [2.75, 3.05) is 6.61 Å². The number of carbonyl (C=O) groups excluding carboxylic acids is 1. The van der Waals surface area contributed by atoms with Crippen LogP contribution in [0.3, 0.4) is 0 Å². The smallest absolute Gasteiger partial charge is 0.268 e. The van der Waals surface area contributed by atoms with E-state index in [-0.39, 0.29) is 12.5 Å². The minimum Gasteiger partial charge on any atom is -0.394 e. The Balaban J connectivity index is 2.06. The van der Waals surface area contributed by atoms with Crippen LogP contribution in [-0.2, 0) is 0 Å². The minimum atomic E-state index is -0.431. The van der Waals surface area contributed by atoms with Gasteiger partial charge < -0.3 is 15.4 Å². The molecule has 0 aliphatic heterocycles. The molecule has 17 heavy (non-hydrogen) atoms. The quantitative estimate of drug-likeness (QED) is 0.747. The number of rotatable bonds is 3. The van der Waals surface area contributed by atoms with Crippen molar-refractivity contribution in [3.05, 3.63) is 24.0 Å². The lowest BCUT2D eigenvalue weighted by atomic mass is 9.77. The van der Waals surface area contributed by atoms with Crippen molar-refractivity contribution >= 4 is 5.91 Å². The number of nitrogens with one attached hydrogen (secondary N) is 2. The van der Waals surface area contributed by atoms with E-state index in [1.165, 1.54) is 6.42 Å². The third-order valence-electron chi connectivity index (χ3n) is 3.62. The largest absolute Gasteiger partial charge is 0.394 e. The van der Waals surface area contributed by atoms with Gasteiger partial charge in [0.05, 0.1) is 12.1 Å². The maximum Gasteiger partial charge on any atom is 0.268 e. The number of carbonyl (C=O) groups is 1. The van der Waals surface area contributed by atoms with E-state index in [4.69, 9.17) is 0 Å². The predicted molar refractivity (Wildman–Crippen MR) is 65.7 cm³/mol. The second kappa shape index (κ2) is 4.92. The van der Waals surface area contributed by atoms with Crippen molar-refractivity contribution in [2.24, 2.45) is 5.92 Å². The van der Waals surface area contributed by atoms with Crippen molar-refractivity contribution in [3.63, 3.8) is 0 Å². The fourth-order valence-electron chi connectivity index (χ4n) is 2.74. The van der Waals surface area contributed by atoms with Crippen LogP contribution in [-0.4, -0.2) is 28.1 Å². The minimum absolute atomic E-state index is 0.0176. The van der Waals surface area contributed by atoms with Crippen molar-refractivity contribution < 1.29 is 9.90 Å². The van der Waals surface area contributed by atoms with E-state index in [1.807, 2.05) is 0 Å². The molecule has 4 heteroatoms. The molecule has 0 saturated heterocycles. The Morgan fingerprint density at radius 3 is 3.12 bits per heavy atom. The summed E-state index contributed by atoms with van der Waals surface area (Å²) in [5.41, 5.74) is 0.121. The van der Waals surface area contributed by atoms with Crippen LogP contribution in [0, 0.1) is 5.92 Å². The van der Waals surface area contributed by atoms with Crippen LogP contribution in [0.1, 0.15) is 43.1 Å². The number of aliphatic hydroxyl groups excluding tert-OH is 1. The molecule has 0 spiro atoms. The van der Waals surface area contributed by atoms with Gasteiger partial charge in [-0.1, -0.05) is 19.8 Å². The van der Waals surface area contributed by atoms with Crippen molar-refractivity contribution in [3.8, 4) is 0 Å². The third kappa shape index (κ3) is 2.69. The van der Waals surface area contributed by atoms with Crippen LogP contribution in [0.15, 0.2) is 18.3 Å². The molecule has 94 valence electrons. The molecule has 1 aromatic heterocycles. The highest BCUT2D eigenvalue weighted by Gasteiger charge is 2.36. The van der Waals surface area contributed by atoms with E-state index in [0.29, 0.717) is 11.6 Å². The van der Waals surface area contributed by atoms with Gasteiger partial charge in [-0.15, -0.1) is 0 Å². The summed E-state index contributed by atoms with van der Waals surface area (Å²) in [5.74, 6) is 0.429. The molecule has 1 aromatic rings. The lowest BCUT2D eigenvalue weighted by Crippen LogP contribution is -2.53. The summed E-state index contributed by atoms with van der Waals surface area (Å²) in [4.78, 5) is 14.9. The molecule has 2 atom stereocenters. The molecule has 1 amide bonds. The second-order valence-corrected chi connectivity index (χ2v) is 5.18. The van der Waals surface area contributed by atoms with Crippen molar-refractivity contribution in [1.29, 1.82) is 0 Å². The van der Waals surface area contributed by atoms with Gasteiger partial charge in [-0.25, -0.2) is 0 Å². The molecule has 1 fully saturated rings. The highest BCUT2D eigenvalue weighted by Crippen LogP contribution is 2.32. The van der Waals surface area contributed by atoms with E-state index in [1.54, 1.807) is 18.3 Å². The van der Waals surface area contributed by atoms with Gasteiger partial charge in [-0.05, 0) is 30.9 Å². The topological polar surface area (TPSA) is 65.1 Å². The maximum absolute atomic E-state index is 12.0. The summed E-state index contributed by atoms with van der Waals surface area (Å²) in [7, 11) is 0. The average Bonchev–Trinajstić information content (AvgIpc) is 2.82. The van der Waals surface area contributed by atoms with Gasteiger partial charge >= 0.3 is 0 Å². The Bertz CT molecular complexity index is 375. The number of aromatic amines is 1. The number of amides is 1. The number of aromatic nitrogens is 1. The van der Waals surface area contributed by atoms with E-state index in [0.717, 1.165) is 19.3 Å². The van der Waals surface area contributed by atoms with Gasteiger partial charge in [0.25, 0.3) is 5.91 Å². The molecule has 1 heterocycles. The van der Waals surface area contributed by atoms with E-state index >= 15 is 0 Å². The van der Waals surface area contributed by atoms with Crippen LogP contribution in [0.4, 0.5) is 0 Å². The van der Waals surface area contributed by atoms with Crippen LogP contribution in [0.2, 0.25) is 0 Å².